The van der Waals surface area contributed by atoms with Crippen molar-refractivity contribution >= 4 is 16.8 Å². The van der Waals surface area contributed by atoms with Crippen LogP contribution in [0.2, 0.25) is 0 Å². The van der Waals surface area contributed by atoms with Gasteiger partial charge in [0, 0.05) is 44.1 Å². The number of aryl methyl sites for hydroxylation is 4. The minimum absolute atomic E-state index is 0. The average Bonchev–Trinajstić information content (AvgIpc) is 3.28. The Hall–Kier alpha value is -3.24. The van der Waals surface area contributed by atoms with E-state index >= 15 is 0 Å². The summed E-state index contributed by atoms with van der Waals surface area (Å²) in [5, 5.41) is 11.2. The summed E-state index contributed by atoms with van der Waals surface area (Å²) in [7, 11) is 0. The van der Waals surface area contributed by atoms with Crippen LogP contribution in [0, 0.1) is 26.8 Å². The minimum atomic E-state index is -0.176. The number of pyridine rings is 2. The van der Waals surface area contributed by atoms with Gasteiger partial charge in [0.1, 0.15) is 17.5 Å². The second-order valence-corrected chi connectivity index (χ2v) is 10.7. The van der Waals surface area contributed by atoms with E-state index in [1.165, 1.54) is 11.1 Å². The molecule has 0 saturated carbocycles. The predicted molar refractivity (Wildman–Crippen MR) is 144 cm³/mol. The van der Waals surface area contributed by atoms with Crippen molar-refractivity contribution in [2.24, 2.45) is 4.99 Å². The Labute approximate surface area is 237 Å². The minimum Gasteiger partial charge on any atom is -0.514 e. The van der Waals surface area contributed by atoms with Crippen molar-refractivity contribution in [2.75, 3.05) is 0 Å². The number of ether oxygens (including phenoxy) is 2. The first-order chi connectivity index (χ1) is 17.7. The van der Waals surface area contributed by atoms with Gasteiger partial charge in [-0.05, 0) is 37.0 Å². The number of aromatic hydroxyl groups is 1. The molecule has 6 rings (SSSR count). The molecule has 1 N–H and O–H groups in total. The molecular formula is C31H30N3O3Pt-. The summed E-state index contributed by atoms with van der Waals surface area (Å²) in [5.74, 6) is 1.61. The van der Waals surface area contributed by atoms with Gasteiger partial charge in [0.25, 0.3) is 0 Å². The van der Waals surface area contributed by atoms with Gasteiger partial charge in [-0.2, -0.15) is 0 Å². The van der Waals surface area contributed by atoms with Gasteiger partial charge >= 0.3 is 0 Å². The molecule has 3 heterocycles. The second kappa shape index (κ2) is 9.81. The van der Waals surface area contributed by atoms with Crippen molar-refractivity contribution in [1.29, 1.82) is 0 Å². The van der Waals surface area contributed by atoms with Gasteiger partial charge in [0.05, 0.1) is 17.5 Å². The molecule has 38 heavy (non-hydrogen) atoms. The maximum absolute atomic E-state index is 10.4. The maximum atomic E-state index is 10.4. The molecule has 0 amide bonds. The second-order valence-electron chi connectivity index (χ2n) is 10.7. The molecule has 1 aliphatic carbocycles. The third-order valence-corrected chi connectivity index (χ3v) is 7.71. The van der Waals surface area contributed by atoms with E-state index in [-0.39, 0.29) is 44.4 Å². The van der Waals surface area contributed by atoms with Crippen LogP contribution >= 0.6 is 0 Å². The van der Waals surface area contributed by atoms with Crippen molar-refractivity contribution in [1.82, 2.24) is 9.97 Å². The summed E-state index contributed by atoms with van der Waals surface area (Å²) in [6.45, 7) is 10.3. The van der Waals surface area contributed by atoms with Crippen LogP contribution in [0.1, 0.15) is 53.8 Å². The molecule has 0 saturated heterocycles. The van der Waals surface area contributed by atoms with E-state index in [9.17, 15) is 5.11 Å². The van der Waals surface area contributed by atoms with Crippen LogP contribution in [0.4, 0.5) is 0 Å². The molecule has 6 nitrogen and oxygen atoms in total. The maximum Gasteiger partial charge on any atom is 0.217 e. The third kappa shape index (κ3) is 4.39. The fourth-order valence-corrected chi connectivity index (χ4v) is 5.65. The molecule has 2 aromatic carbocycles. The molecule has 2 aromatic heterocycles. The van der Waals surface area contributed by atoms with Crippen LogP contribution in [0.15, 0.2) is 53.7 Å². The number of fused-ring (bicyclic) bond motifs is 3. The summed E-state index contributed by atoms with van der Waals surface area (Å²) >= 11 is 0. The first-order valence-corrected chi connectivity index (χ1v) is 12.7. The van der Waals surface area contributed by atoms with Crippen molar-refractivity contribution in [2.45, 2.75) is 65.0 Å². The number of aromatic nitrogens is 2. The van der Waals surface area contributed by atoms with Crippen molar-refractivity contribution in [3.8, 4) is 17.4 Å². The monoisotopic (exact) mass is 687 g/mol. The standard InChI is InChI=1S/C31H30N3O3.Pt/c1-17-14-18(2)25(36-26-13-11-21-16-32-19(3)28(35)27(21)34-26)15-22(17)30-33-24-12-10-20-8-6-7-9-23(20)31(4,5)29(24)37-30;/h6-9,11,13-14,16,24,29,35H,10,12H2,1-5H3;/q-1;/t24-,29+;/m0./s1. The Morgan fingerprint density at radius 1 is 1.08 bits per heavy atom. The molecular weight excluding hydrogens is 657 g/mol. The number of hydrogen-bond acceptors (Lipinski definition) is 6. The Kier molecular flexibility index (Phi) is 6.81. The van der Waals surface area contributed by atoms with Crippen LogP contribution in [-0.4, -0.2) is 33.1 Å². The summed E-state index contributed by atoms with van der Waals surface area (Å²) in [6.07, 6.45) is 3.58. The van der Waals surface area contributed by atoms with E-state index in [1.807, 2.05) is 19.9 Å². The largest absolute Gasteiger partial charge is 0.514 e. The molecule has 0 spiro atoms. The molecule has 198 valence electrons. The van der Waals surface area contributed by atoms with Gasteiger partial charge in [-0.15, -0.1) is 11.6 Å². The van der Waals surface area contributed by atoms with Crippen molar-refractivity contribution in [3.63, 3.8) is 0 Å². The van der Waals surface area contributed by atoms with Crippen LogP contribution < -0.4 is 4.74 Å². The van der Waals surface area contributed by atoms with Crippen LogP contribution in [-0.2, 0) is 37.6 Å². The van der Waals surface area contributed by atoms with E-state index in [0.717, 1.165) is 34.9 Å². The summed E-state index contributed by atoms with van der Waals surface area (Å²) in [4.78, 5) is 13.8. The quantitative estimate of drug-likeness (QED) is 0.257. The first-order valence-electron chi connectivity index (χ1n) is 12.7. The number of benzene rings is 2. The molecule has 0 fully saturated rings. The number of hydrogen-bond donors (Lipinski definition) is 1. The van der Waals surface area contributed by atoms with Crippen LogP contribution in [0.5, 0.6) is 17.4 Å². The van der Waals surface area contributed by atoms with Crippen LogP contribution in [0.3, 0.4) is 0 Å². The van der Waals surface area contributed by atoms with Crippen LogP contribution in [0.25, 0.3) is 10.9 Å². The summed E-state index contributed by atoms with van der Waals surface area (Å²) < 4.78 is 12.8. The van der Waals surface area contributed by atoms with Gasteiger partial charge in [-0.1, -0.05) is 69.2 Å². The molecule has 2 aliphatic rings. The Bertz CT molecular complexity index is 1580. The van der Waals surface area contributed by atoms with E-state index in [2.05, 4.69) is 60.2 Å². The Balaban J connectivity index is 0.00000294. The number of nitrogens with zero attached hydrogens (tertiary/aromatic N) is 3. The molecule has 0 unspecified atom stereocenters. The van der Waals surface area contributed by atoms with Gasteiger partial charge in [0.15, 0.2) is 5.75 Å². The van der Waals surface area contributed by atoms with Gasteiger partial charge in [-0.3, -0.25) is 9.98 Å². The van der Waals surface area contributed by atoms with Gasteiger partial charge < -0.3 is 14.6 Å². The topological polar surface area (TPSA) is 76.8 Å². The van der Waals surface area contributed by atoms with Crippen molar-refractivity contribution in [3.05, 3.63) is 88.2 Å². The zero-order valence-corrected chi connectivity index (χ0v) is 24.4. The zero-order valence-electron chi connectivity index (χ0n) is 22.1. The van der Waals surface area contributed by atoms with Crippen molar-refractivity contribution < 1.29 is 35.6 Å². The number of aliphatic imine (C=N–C) groups is 1. The van der Waals surface area contributed by atoms with E-state index in [0.29, 0.717) is 28.7 Å². The molecule has 2 atom stereocenters. The molecule has 4 aromatic rings. The van der Waals surface area contributed by atoms with Gasteiger partial charge in [-0.25, -0.2) is 4.98 Å². The Morgan fingerprint density at radius 3 is 2.68 bits per heavy atom. The fraction of sp³-hybridized carbons (Fsp3) is 0.323. The SMILES string of the molecule is Cc1cc(C)c(C2=N[C@H]3CCc4ccccc4C(C)(C)[C@@H]3O2)[c-]c1Oc1ccc2cnc(C)c(O)c2n1.[Pt]. The summed E-state index contributed by atoms with van der Waals surface area (Å²) in [5.41, 5.74) is 6.30. The summed E-state index contributed by atoms with van der Waals surface area (Å²) in [6, 6.07) is 17.8. The molecule has 0 bridgehead atoms. The van der Waals surface area contributed by atoms with E-state index in [4.69, 9.17) is 14.5 Å². The van der Waals surface area contributed by atoms with E-state index < -0.39 is 0 Å². The van der Waals surface area contributed by atoms with E-state index in [1.54, 1.807) is 19.2 Å². The molecule has 7 heteroatoms. The average molecular weight is 688 g/mol. The third-order valence-electron chi connectivity index (χ3n) is 7.71. The molecule has 1 aliphatic heterocycles. The zero-order chi connectivity index (χ0) is 25.9. The normalized spacial score (nSPS) is 19.4. The smallest absolute Gasteiger partial charge is 0.217 e. The number of rotatable bonds is 3. The molecule has 0 radical (unpaired) electrons. The fourth-order valence-electron chi connectivity index (χ4n) is 5.65. The predicted octanol–water partition coefficient (Wildman–Crippen LogP) is 6.29. The Morgan fingerprint density at radius 2 is 1.87 bits per heavy atom. The first kappa shape index (κ1) is 26.4. The van der Waals surface area contributed by atoms with Gasteiger partial charge in [0.2, 0.25) is 5.88 Å².